The van der Waals surface area contributed by atoms with E-state index in [2.05, 4.69) is 10.1 Å². The van der Waals surface area contributed by atoms with E-state index in [1.54, 1.807) is 20.8 Å². The van der Waals surface area contributed by atoms with Gasteiger partial charge in [0.25, 0.3) is 0 Å². The summed E-state index contributed by atoms with van der Waals surface area (Å²) in [6, 6.07) is 0. The molecule has 2 bridgehead atoms. The highest BCUT2D eigenvalue weighted by Crippen LogP contribution is 2.59. The molecule has 1 saturated carbocycles. The third kappa shape index (κ3) is 2.66. The number of carboxylic acids is 1. The third-order valence-corrected chi connectivity index (χ3v) is 3.48. The van der Waals surface area contributed by atoms with Crippen molar-refractivity contribution in [1.29, 1.82) is 0 Å². The summed E-state index contributed by atoms with van der Waals surface area (Å²) in [6.07, 6.45) is -9.02. The van der Waals surface area contributed by atoms with E-state index in [-0.39, 0.29) is 0 Å². The minimum absolute atomic E-state index is 0.432. The number of hydrogen-bond donors (Lipinski definition) is 2. The fraction of sp³-hybridized carbons (Fsp3) is 0.833. The molecule has 1 aliphatic carbocycles. The topological polar surface area (TPSA) is 84.9 Å². The van der Waals surface area contributed by atoms with Gasteiger partial charge in [-0.25, -0.2) is 9.59 Å². The van der Waals surface area contributed by atoms with Gasteiger partial charge in [-0.15, -0.1) is 0 Å². The summed E-state index contributed by atoms with van der Waals surface area (Å²) in [5.41, 5.74) is -4.53. The minimum Gasteiger partial charge on any atom is -0.479 e. The molecule has 0 radical (unpaired) electrons. The van der Waals surface area contributed by atoms with Crippen LogP contribution in [0.5, 0.6) is 0 Å². The second-order valence-electron chi connectivity index (χ2n) is 6.48. The van der Waals surface area contributed by atoms with E-state index in [0.29, 0.717) is 0 Å². The number of halogens is 3. The van der Waals surface area contributed by atoms with Crippen LogP contribution in [0.25, 0.3) is 0 Å². The highest BCUT2D eigenvalue weighted by atomic mass is 19.4. The van der Waals surface area contributed by atoms with Gasteiger partial charge in [0.2, 0.25) is 0 Å². The number of rotatable bonds is 2. The van der Waals surface area contributed by atoms with Crippen molar-refractivity contribution in [2.45, 2.75) is 62.6 Å². The average molecular weight is 311 g/mol. The lowest BCUT2D eigenvalue weighted by Gasteiger charge is -2.43. The average Bonchev–Trinajstić information content (AvgIpc) is 2.63. The van der Waals surface area contributed by atoms with Crippen molar-refractivity contribution >= 4 is 12.1 Å². The van der Waals surface area contributed by atoms with Gasteiger partial charge in [0.1, 0.15) is 5.60 Å². The molecule has 2 heterocycles. The van der Waals surface area contributed by atoms with Gasteiger partial charge in [-0.3, -0.25) is 0 Å². The lowest BCUT2D eigenvalue weighted by molar-refractivity contribution is -0.221. The molecule has 3 rings (SSSR count). The van der Waals surface area contributed by atoms with Crippen molar-refractivity contribution in [3.05, 3.63) is 0 Å². The first kappa shape index (κ1) is 15.9. The van der Waals surface area contributed by atoms with Crippen molar-refractivity contribution < 1.29 is 37.3 Å². The monoisotopic (exact) mass is 311 g/mol. The predicted molar refractivity (Wildman–Crippen MR) is 62.6 cm³/mol. The van der Waals surface area contributed by atoms with Gasteiger partial charge in [-0.1, -0.05) is 0 Å². The van der Waals surface area contributed by atoms with Gasteiger partial charge in [0.05, 0.1) is 5.54 Å². The van der Waals surface area contributed by atoms with E-state index < -0.39 is 53.9 Å². The second-order valence-corrected chi connectivity index (χ2v) is 6.48. The number of hydrogen-bond acceptors (Lipinski definition) is 4. The van der Waals surface area contributed by atoms with Crippen LogP contribution in [0.1, 0.15) is 33.6 Å². The van der Waals surface area contributed by atoms with Gasteiger partial charge in [0.15, 0.2) is 11.7 Å². The fourth-order valence-electron chi connectivity index (χ4n) is 2.82. The van der Waals surface area contributed by atoms with Gasteiger partial charge >= 0.3 is 18.2 Å². The number of carboxylic acid groups (broad SMARTS) is 1. The molecule has 0 aromatic heterocycles. The number of alkyl carbamates (subject to hydrolysis) is 1. The quantitative estimate of drug-likeness (QED) is 0.812. The molecule has 1 atom stereocenters. The van der Waals surface area contributed by atoms with Crippen molar-refractivity contribution in [2.75, 3.05) is 0 Å². The molecule has 3 aliphatic rings. The van der Waals surface area contributed by atoms with Crippen molar-refractivity contribution in [1.82, 2.24) is 5.32 Å². The molecular formula is C12H16F3NO5. The largest absolute Gasteiger partial charge is 0.479 e. The smallest absolute Gasteiger partial charge is 0.416 e. The third-order valence-electron chi connectivity index (χ3n) is 3.48. The Morgan fingerprint density at radius 2 is 1.81 bits per heavy atom. The van der Waals surface area contributed by atoms with Crippen LogP contribution in [0.2, 0.25) is 0 Å². The van der Waals surface area contributed by atoms with Gasteiger partial charge in [0, 0.05) is 12.8 Å². The Hall–Kier alpha value is -1.51. The minimum atomic E-state index is -4.78. The molecule has 1 amide bonds. The van der Waals surface area contributed by atoms with Crippen LogP contribution in [0.3, 0.4) is 0 Å². The van der Waals surface area contributed by atoms with E-state index in [0.717, 1.165) is 0 Å². The zero-order chi connectivity index (χ0) is 16.3. The first-order valence-corrected chi connectivity index (χ1v) is 6.29. The first-order chi connectivity index (χ1) is 9.30. The Morgan fingerprint density at radius 1 is 1.29 bits per heavy atom. The molecule has 1 unspecified atom stereocenters. The lowest BCUT2D eigenvalue weighted by Crippen LogP contribution is -2.66. The van der Waals surface area contributed by atoms with Crippen LogP contribution in [0, 0.1) is 0 Å². The van der Waals surface area contributed by atoms with E-state index >= 15 is 0 Å². The maximum absolute atomic E-state index is 13.0. The summed E-state index contributed by atoms with van der Waals surface area (Å²) in [6.45, 7) is 4.71. The summed E-state index contributed by atoms with van der Waals surface area (Å²) in [5.74, 6) is -1.46. The maximum atomic E-state index is 13.0. The molecule has 2 aliphatic heterocycles. The van der Waals surface area contributed by atoms with Crippen molar-refractivity contribution in [3.8, 4) is 0 Å². The van der Waals surface area contributed by atoms with Crippen molar-refractivity contribution in [2.24, 2.45) is 0 Å². The molecule has 120 valence electrons. The molecule has 2 saturated heterocycles. The van der Waals surface area contributed by atoms with Crippen LogP contribution in [0.4, 0.5) is 18.0 Å². The normalized spacial score (nSPS) is 35.0. The van der Waals surface area contributed by atoms with Gasteiger partial charge in [-0.05, 0) is 20.8 Å². The lowest BCUT2D eigenvalue weighted by atomic mass is 9.66. The SMILES string of the molecule is CC(C)(C)OC(=O)NC12CC(C(=O)O)(C1)OC2C(F)(F)F. The second kappa shape index (κ2) is 4.25. The zero-order valence-electron chi connectivity index (χ0n) is 11.7. The van der Waals surface area contributed by atoms with E-state index in [1.165, 1.54) is 0 Å². The predicted octanol–water partition coefficient (Wildman–Crippen LogP) is 1.83. The van der Waals surface area contributed by atoms with Crippen LogP contribution >= 0.6 is 0 Å². The highest BCUT2D eigenvalue weighted by Gasteiger charge is 2.78. The summed E-state index contributed by atoms with van der Waals surface area (Å²) < 4.78 is 48.6. The van der Waals surface area contributed by atoms with Crippen LogP contribution in [-0.4, -0.2) is 46.2 Å². The standard InChI is InChI=1S/C12H16F3NO5/c1-9(2,3)21-8(19)16-10-4-11(5-10,7(17)18)20-6(10)12(13,14)15/h6H,4-5H2,1-3H3,(H,16,19)(H,17,18). The van der Waals surface area contributed by atoms with Crippen molar-refractivity contribution in [3.63, 3.8) is 0 Å². The van der Waals surface area contributed by atoms with Gasteiger partial charge in [-0.2, -0.15) is 13.2 Å². The number of aliphatic carboxylic acids is 1. The Balaban J connectivity index is 2.17. The maximum Gasteiger partial charge on any atom is 0.416 e. The summed E-state index contributed by atoms with van der Waals surface area (Å²) >= 11 is 0. The fourth-order valence-corrected chi connectivity index (χ4v) is 2.82. The van der Waals surface area contributed by atoms with Gasteiger partial charge < -0.3 is 19.9 Å². The van der Waals surface area contributed by atoms with Crippen LogP contribution < -0.4 is 5.32 Å². The van der Waals surface area contributed by atoms with E-state index in [1.807, 2.05) is 0 Å². The van der Waals surface area contributed by atoms with E-state index in [4.69, 9.17) is 9.84 Å². The molecule has 9 heteroatoms. The number of carbonyl (C=O) groups is 2. The number of alkyl halides is 3. The Bertz CT molecular complexity index is 476. The molecular weight excluding hydrogens is 295 g/mol. The highest BCUT2D eigenvalue weighted by molar-refractivity contribution is 5.82. The zero-order valence-corrected chi connectivity index (χ0v) is 11.7. The number of ether oxygens (including phenoxy) is 2. The number of amides is 1. The Labute approximate surface area is 118 Å². The Kier molecular flexibility index (Phi) is 3.21. The molecule has 6 nitrogen and oxygen atoms in total. The molecule has 3 fully saturated rings. The molecule has 21 heavy (non-hydrogen) atoms. The van der Waals surface area contributed by atoms with Crippen LogP contribution in [0.15, 0.2) is 0 Å². The number of nitrogens with one attached hydrogen (secondary N) is 1. The van der Waals surface area contributed by atoms with E-state index in [9.17, 15) is 22.8 Å². The summed E-state index contributed by atoms with van der Waals surface area (Å²) in [5, 5.41) is 11.1. The molecule has 0 aromatic rings. The Morgan fingerprint density at radius 3 is 2.19 bits per heavy atom. The molecule has 0 spiro atoms. The first-order valence-electron chi connectivity index (χ1n) is 6.29. The number of carbonyl (C=O) groups excluding carboxylic acids is 1. The van der Waals surface area contributed by atoms with Crippen LogP contribution in [-0.2, 0) is 14.3 Å². The molecule has 0 aromatic carbocycles. The number of fused-ring (bicyclic) bond motifs is 1. The molecule has 2 N–H and O–H groups in total. The summed E-state index contributed by atoms with van der Waals surface area (Å²) in [4.78, 5) is 22.7. The summed E-state index contributed by atoms with van der Waals surface area (Å²) in [7, 11) is 0.